The van der Waals surface area contributed by atoms with Crippen molar-refractivity contribution in [1.29, 1.82) is 0 Å². The van der Waals surface area contributed by atoms with Crippen LogP contribution in [-0.4, -0.2) is 4.98 Å². The van der Waals surface area contributed by atoms with Crippen molar-refractivity contribution in [2.45, 2.75) is 19.8 Å². The molecule has 1 aromatic heterocycles. The number of rotatable bonds is 1. The van der Waals surface area contributed by atoms with Gasteiger partial charge in [0.2, 0.25) is 0 Å². The highest BCUT2D eigenvalue weighted by Crippen LogP contribution is 2.23. The molecule has 0 radical (unpaired) electrons. The maximum Gasteiger partial charge on any atom is 0.0706 e. The highest BCUT2D eigenvalue weighted by atomic mass is 127. The van der Waals surface area contributed by atoms with Crippen LogP contribution in [0.25, 0.3) is 10.9 Å². The smallest absolute Gasteiger partial charge is 0.0706 e. The van der Waals surface area contributed by atoms with E-state index in [1.54, 1.807) is 0 Å². The summed E-state index contributed by atoms with van der Waals surface area (Å²) in [7, 11) is 0. The molecule has 2 rings (SSSR count). The number of hydrogen-bond donors (Lipinski definition) is 0. The third-order valence-corrected chi connectivity index (χ3v) is 3.12. The van der Waals surface area contributed by atoms with Crippen molar-refractivity contribution < 1.29 is 0 Å². The summed E-state index contributed by atoms with van der Waals surface area (Å²) in [6.45, 7) is 4.36. The Bertz CT molecular complexity index is 463. The minimum atomic E-state index is 0.492. The minimum absolute atomic E-state index is 0.492. The Morgan fingerprint density at radius 2 is 1.93 bits per heavy atom. The van der Waals surface area contributed by atoms with E-state index in [-0.39, 0.29) is 0 Å². The molecular weight excluding hydrogens is 285 g/mol. The molecular formula is C12H12IN. The molecule has 0 amide bonds. The van der Waals surface area contributed by atoms with E-state index in [0.717, 1.165) is 5.52 Å². The van der Waals surface area contributed by atoms with Gasteiger partial charge < -0.3 is 0 Å². The summed E-state index contributed by atoms with van der Waals surface area (Å²) in [6, 6.07) is 10.5. The predicted molar refractivity (Wildman–Crippen MR) is 68.5 cm³/mol. The van der Waals surface area contributed by atoms with Gasteiger partial charge in [-0.25, -0.2) is 0 Å². The van der Waals surface area contributed by atoms with E-state index in [0.29, 0.717) is 5.92 Å². The summed E-state index contributed by atoms with van der Waals surface area (Å²) in [5.74, 6) is 0.492. The fraction of sp³-hybridized carbons (Fsp3) is 0.250. The van der Waals surface area contributed by atoms with Crippen LogP contribution in [0, 0.1) is 3.57 Å². The van der Waals surface area contributed by atoms with Crippen LogP contribution in [0.15, 0.2) is 30.3 Å². The Labute approximate surface area is 97.7 Å². The molecule has 0 atom stereocenters. The number of halogens is 1. The van der Waals surface area contributed by atoms with Crippen molar-refractivity contribution in [2.24, 2.45) is 0 Å². The summed E-state index contributed by atoms with van der Waals surface area (Å²) in [5.41, 5.74) is 2.29. The highest BCUT2D eigenvalue weighted by molar-refractivity contribution is 14.1. The van der Waals surface area contributed by atoms with Crippen molar-refractivity contribution in [3.8, 4) is 0 Å². The van der Waals surface area contributed by atoms with Crippen LogP contribution in [0.2, 0.25) is 0 Å². The van der Waals surface area contributed by atoms with Crippen molar-refractivity contribution >= 4 is 33.5 Å². The SMILES string of the molecule is CC(C)c1nc2ccccc2cc1I. The molecule has 2 heteroatoms. The molecule has 0 fully saturated rings. The van der Waals surface area contributed by atoms with E-state index in [9.17, 15) is 0 Å². The molecule has 1 heterocycles. The zero-order valence-corrected chi connectivity index (χ0v) is 10.4. The van der Waals surface area contributed by atoms with Crippen LogP contribution in [0.4, 0.5) is 0 Å². The van der Waals surface area contributed by atoms with Gasteiger partial charge >= 0.3 is 0 Å². The van der Waals surface area contributed by atoms with Gasteiger partial charge in [0.1, 0.15) is 0 Å². The van der Waals surface area contributed by atoms with E-state index < -0.39 is 0 Å². The fourth-order valence-corrected chi connectivity index (χ4v) is 2.59. The third kappa shape index (κ3) is 1.75. The molecule has 0 bridgehead atoms. The van der Waals surface area contributed by atoms with Gasteiger partial charge in [-0.3, -0.25) is 4.98 Å². The van der Waals surface area contributed by atoms with Crippen molar-refractivity contribution in [3.05, 3.63) is 39.6 Å². The standard InChI is InChI=1S/C12H12IN/c1-8(2)12-10(13)7-9-5-3-4-6-11(9)14-12/h3-8H,1-2H3. The second kappa shape index (κ2) is 3.85. The zero-order valence-electron chi connectivity index (χ0n) is 8.29. The van der Waals surface area contributed by atoms with Gasteiger partial charge in [-0.15, -0.1) is 0 Å². The summed E-state index contributed by atoms with van der Waals surface area (Å²) in [5, 5.41) is 1.22. The molecule has 1 aromatic carbocycles. The number of aromatic nitrogens is 1. The Hall–Kier alpha value is -0.640. The van der Waals surface area contributed by atoms with Crippen molar-refractivity contribution in [2.75, 3.05) is 0 Å². The average Bonchev–Trinajstić information content (AvgIpc) is 2.16. The molecule has 14 heavy (non-hydrogen) atoms. The monoisotopic (exact) mass is 297 g/mol. The van der Waals surface area contributed by atoms with E-state index in [2.05, 4.69) is 65.7 Å². The molecule has 0 saturated carbocycles. The van der Waals surface area contributed by atoms with Crippen LogP contribution in [0.1, 0.15) is 25.5 Å². The first kappa shape index (κ1) is 9.90. The zero-order chi connectivity index (χ0) is 10.1. The number of pyridine rings is 1. The molecule has 0 unspecified atom stereocenters. The van der Waals surface area contributed by atoms with E-state index >= 15 is 0 Å². The summed E-state index contributed by atoms with van der Waals surface area (Å²) in [6.07, 6.45) is 0. The Morgan fingerprint density at radius 1 is 1.21 bits per heavy atom. The summed E-state index contributed by atoms with van der Waals surface area (Å²) >= 11 is 2.36. The number of benzene rings is 1. The molecule has 0 aliphatic carbocycles. The fourth-order valence-electron chi connectivity index (χ4n) is 1.51. The van der Waals surface area contributed by atoms with Crippen LogP contribution < -0.4 is 0 Å². The average molecular weight is 297 g/mol. The lowest BCUT2D eigenvalue weighted by atomic mass is 10.1. The molecule has 0 N–H and O–H groups in total. The molecule has 72 valence electrons. The van der Waals surface area contributed by atoms with Gasteiger partial charge in [0.25, 0.3) is 0 Å². The lowest BCUT2D eigenvalue weighted by Crippen LogP contribution is -1.96. The number of fused-ring (bicyclic) bond motifs is 1. The van der Waals surface area contributed by atoms with E-state index in [4.69, 9.17) is 0 Å². The van der Waals surface area contributed by atoms with Crippen molar-refractivity contribution in [3.63, 3.8) is 0 Å². The van der Waals surface area contributed by atoms with Gasteiger partial charge in [-0.05, 0) is 40.6 Å². The number of nitrogens with zero attached hydrogens (tertiary/aromatic N) is 1. The van der Waals surface area contributed by atoms with Gasteiger partial charge in [0.05, 0.1) is 11.2 Å². The first-order valence-corrected chi connectivity index (χ1v) is 5.81. The van der Waals surface area contributed by atoms with E-state index in [1.807, 2.05) is 6.07 Å². The number of para-hydroxylation sites is 1. The highest BCUT2D eigenvalue weighted by Gasteiger charge is 2.07. The maximum absolute atomic E-state index is 4.67. The van der Waals surface area contributed by atoms with Crippen LogP contribution in [0.5, 0.6) is 0 Å². The molecule has 2 aromatic rings. The Kier molecular flexibility index (Phi) is 2.72. The Morgan fingerprint density at radius 3 is 2.64 bits per heavy atom. The van der Waals surface area contributed by atoms with Gasteiger partial charge in [-0.1, -0.05) is 32.0 Å². The quantitative estimate of drug-likeness (QED) is 0.726. The van der Waals surface area contributed by atoms with Crippen LogP contribution in [0.3, 0.4) is 0 Å². The van der Waals surface area contributed by atoms with Crippen molar-refractivity contribution in [1.82, 2.24) is 4.98 Å². The van der Waals surface area contributed by atoms with Crippen LogP contribution >= 0.6 is 22.6 Å². The molecule has 0 saturated heterocycles. The van der Waals surface area contributed by atoms with Gasteiger partial charge in [-0.2, -0.15) is 0 Å². The molecule has 0 aliphatic rings. The maximum atomic E-state index is 4.67. The van der Waals surface area contributed by atoms with Gasteiger partial charge in [0.15, 0.2) is 0 Å². The first-order chi connectivity index (χ1) is 6.68. The largest absolute Gasteiger partial charge is 0.251 e. The molecule has 0 spiro atoms. The topological polar surface area (TPSA) is 12.9 Å². The Balaban J connectivity index is 2.71. The summed E-state index contributed by atoms with van der Waals surface area (Å²) < 4.78 is 1.26. The minimum Gasteiger partial charge on any atom is -0.251 e. The normalized spacial score (nSPS) is 11.1. The molecule has 1 nitrogen and oxygen atoms in total. The first-order valence-electron chi connectivity index (χ1n) is 4.73. The van der Waals surface area contributed by atoms with E-state index in [1.165, 1.54) is 14.7 Å². The lowest BCUT2D eigenvalue weighted by Gasteiger charge is -2.08. The third-order valence-electron chi connectivity index (χ3n) is 2.25. The van der Waals surface area contributed by atoms with Gasteiger partial charge in [0, 0.05) is 8.96 Å². The lowest BCUT2D eigenvalue weighted by molar-refractivity contribution is 0.823. The molecule has 0 aliphatic heterocycles. The second-order valence-electron chi connectivity index (χ2n) is 3.70. The predicted octanol–water partition coefficient (Wildman–Crippen LogP) is 3.96. The number of hydrogen-bond acceptors (Lipinski definition) is 1. The summed E-state index contributed by atoms with van der Waals surface area (Å²) in [4.78, 5) is 4.67. The van der Waals surface area contributed by atoms with Crippen LogP contribution in [-0.2, 0) is 0 Å². The second-order valence-corrected chi connectivity index (χ2v) is 4.87.